The molecule has 0 fully saturated rings. The minimum absolute atomic E-state index is 0.472. The van der Waals surface area contributed by atoms with Crippen LogP contribution in [0.25, 0.3) is 0 Å². The van der Waals surface area contributed by atoms with Crippen molar-refractivity contribution in [3.05, 3.63) is 12.7 Å². The molecular formula is C15H30N6. The van der Waals surface area contributed by atoms with Crippen LogP contribution in [0.15, 0.2) is 17.6 Å². The van der Waals surface area contributed by atoms with Crippen molar-refractivity contribution in [2.45, 2.75) is 65.0 Å². The topological polar surface area (TPSA) is 67.1 Å². The Morgan fingerprint density at radius 1 is 1.19 bits per heavy atom. The fourth-order valence-electron chi connectivity index (χ4n) is 2.16. The summed E-state index contributed by atoms with van der Waals surface area (Å²) in [4.78, 5) is 4.27. The first kappa shape index (κ1) is 17.5. The van der Waals surface area contributed by atoms with Crippen molar-refractivity contribution in [3.63, 3.8) is 0 Å². The van der Waals surface area contributed by atoms with Gasteiger partial charge in [-0.15, -0.1) is 10.2 Å². The van der Waals surface area contributed by atoms with E-state index < -0.39 is 0 Å². The van der Waals surface area contributed by atoms with Crippen molar-refractivity contribution in [2.75, 3.05) is 13.6 Å². The fraction of sp³-hybridized carbons (Fsp3) is 0.800. The molecule has 1 aromatic heterocycles. The van der Waals surface area contributed by atoms with E-state index >= 15 is 0 Å². The quantitative estimate of drug-likeness (QED) is 0.394. The molecule has 1 rings (SSSR count). The Morgan fingerprint density at radius 3 is 2.62 bits per heavy atom. The monoisotopic (exact) mass is 294 g/mol. The molecule has 0 aliphatic carbocycles. The first-order chi connectivity index (χ1) is 10.3. The second kappa shape index (κ2) is 11.1. The summed E-state index contributed by atoms with van der Waals surface area (Å²) < 4.78 is 2.00. The van der Waals surface area contributed by atoms with Crippen molar-refractivity contribution >= 4 is 5.96 Å². The molecule has 1 atom stereocenters. The van der Waals surface area contributed by atoms with Gasteiger partial charge in [0, 0.05) is 26.2 Å². The van der Waals surface area contributed by atoms with E-state index in [0.29, 0.717) is 6.04 Å². The van der Waals surface area contributed by atoms with E-state index in [9.17, 15) is 0 Å². The highest BCUT2D eigenvalue weighted by molar-refractivity contribution is 5.79. The number of guanidine groups is 1. The molecule has 6 heteroatoms. The van der Waals surface area contributed by atoms with Crippen LogP contribution in [0.4, 0.5) is 0 Å². The number of nitrogens with zero attached hydrogens (tertiary/aromatic N) is 4. The number of nitrogens with one attached hydrogen (secondary N) is 2. The van der Waals surface area contributed by atoms with Crippen molar-refractivity contribution < 1.29 is 0 Å². The smallest absolute Gasteiger partial charge is 0.191 e. The predicted molar refractivity (Wildman–Crippen MR) is 87.4 cm³/mol. The molecule has 0 bridgehead atoms. The van der Waals surface area contributed by atoms with Gasteiger partial charge in [-0.1, -0.05) is 26.2 Å². The van der Waals surface area contributed by atoms with Crippen molar-refractivity contribution in [1.82, 2.24) is 25.4 Å². The summed E-state index contributed by atoms with van der Waals surface area (Å²) in [7, 11) is 1.82. The molecule has 0 spiro atoms. The third kappa shape index (κ3) is 8.32. The zero-order valence-corrected chi connectivity index (χ0v) is 13.7. The number of hydrogen-bond donors (Lipinski definition) is 2. The van der Waals surface area contributed by atoms with Gasteiger partial charge in [0.05, 0.1) is 0 Å². The normalized spacial score (nSPS) is 13.2. The van der Waals surface area contributed by atoms with E-state index in [4.69, 9.17) is 0 Å². The van der Waals surface area contributed by atoms with Crippen LogP contribution in [-0.4, -0.2) is 40.4 Å². The Hall–Kier alpha value is -1.59. The largest absolute Gasteiger partial charge is 0.356 e. The van der Waals surface area contributed by atoms with Crippen molar-refractivity contribution in [2.24, 2.45) is 4.99 Å². The van der Waals surface area contributed by atoms with Gasteiger partial charge >= 0.3 is 0 Å². The third-order valence-electron chi connectivity index (χ3n) is 3.45. The molecule has 1 heterocycles. The molecule has 21 heavy (non-hydrogen) atoms. The molecule has 0 saturated carbocycles. The fourth-order valence-corrected chi connectivity index (χ4v) is 2.16. The summed E-state index contributed by atoms with van der Waals surface area (Å²) >= 11 is 0. The van der Waals surface area contributed by atoms with Crippen molar-refractivity contribution in [3.8, 4) is 0 Å². The number of rotatable bonds is 10. The average Bonchev–Trinajstić information content (AvgIpc) is 2.99. The van der Waals surface area contributed by atoms with Gasteiger partial charge < -0.3 is 15.2 Å². The molecule has 2 N–H and O–H groups in total. The number of aryl methyl sites for hydroxylation is 1. The molecule has 0 aliphatic rings. The molecule has 1 unspecified atom stereocenters. The lowest BCUT2D eigenvalue weighted by atomic mass is 10.1. The summed E-state index contributed by atoms with van der Waals surface area (Å²) in [5, 5.41) is 14.4. The van der Waals surface area contributed by atoms with Crippen LogP contribution in [0.2, 0.25) is 0 Å². The van der Waals surface area contributed by atoms with Gasteiger partial charge in [0.15, 0.2) is 5.96 Å². The average molecular weight is 294 g/mol. The van der Waals surface area contributed by atoms with E-state index in [2.05, 4.69) is 39.7 Å². The molecule has 0 radical (unpaired) electrons. The van der Waals surface area contributed by atoms with Gasteiger partial charge in [0.1, 0.15) is 12.7 Å². The Kier molecular flexibility index (Phi) is 9.24. The summed E-state index contributed by atoms with van der Waals surface area (Å²) in [5.74, 6) is 0.906. The summed E-state index contributed by atoms with van der Waals surface area (Å²) in [6.07, 6.45) is 10.8. The highest BCUT2D eigenvalue weighted by Crippen LogP contribution is 2.02. The molecule has 6 nitrogen and oxygen atoms in total. The van der Waals surface area contributed by atoms with Crippen LogP contribution < -0.4 is 10.6 Å². The number of aliphatic imine (C=N–C) groups is 1. The van der Waals surface area contributed by atoms with E-state index in [1.54, 1.807) is 12.7 Å². The second-order valence-corrected chi connectivity index (χ2v) is 5.45. The lowest BCUT2D eigenvalue weighted by Crippen LogP contribution is -2.42. The van der Waals surface area contributed by atoms with Gasteiger partial charge in [-0.05, 0) is 26.2 Å². The van der Waals surface area contributed by atoms with E-state index in [1.807, 2.05) is 11.6 Å². The maximum atomic E-state index is 4.27. The molecule has 0 saturated heterocycles. The Labute approximate surface area is 128 Å². The third-order valence-corrected chi connectivity index (χ3v) is 3.45. The molecule has 0 amide bonds. The lowest BCUT2D eigenvalue weighted by molar-refractivity contribution is 0.543. The lowest BCUT2D eigenvalue weighted by Gasteiger charge is -2.17. The first-order valence-electron chi connectivity index (χ1n) is 8.05. The molecule has 0 aromatic carbocycles. The van der Waals surface area contributed by atoms with E-state index in [1.165, 1.54) is 25.7 Å². The SMILES string of the molecule is CCCCCC(C)NC(=NC)NCCCCn1cnnc1. The molecular weight excluding hydrogens is 264 g/mol. The number of unbranched alkanes of at least 4 members (excludes halogenated alkanes) is 3. The minimum Gasteiger partial charge on any atom is -0.356 e. The van der Waals surface area contributed by atoms with Crippen LogP contribution in [0.5, 0.6) is 0 Å². The van der Waals surface area contributed by atoms with Gasteiger partial charge in [0.25, 0.3) is 0 Å². The molecule has 1 aromatic rings. The maximum Gasteiger partial charge on any atom is 0.191 e. The standard InChI is InChI=1S/C15H30N6/c1-4-5-6-9-14(2)20-15(16-3)17-10-7-8-11-21-12-18-19-13-21/h12-14H,4-11H2,1-3H3,(H2,16,17,20). The van der Waals surface area contributed by atoms with Gasteiger partial charge in [-0.25, -0.2) is 0 Å². The highest BCUT2D eigenvalue weighted by Gasteiger charge is 2.04. The van der Waals surface area contributed by atoms with Gasteiger partial charge in [0.2, 0.25) is 0 Å². The van der Waals surface area contributed by atoms with Gasteiger partial charge in [-0.2, -0.15) is 0 Å². The summed E-state index contributed by atoms with van der Waals surface area (Å²) in [5.41, 5.74) is 0. The Balaban J connectivity index is 2.07. The van der Waals surface area contributed by atoms with E-state index in [-0.39, 0.29) is 0 Å². The Morgan fingerprint density at radius 2 is 1.95 bits per heavy atom. The first-order valence-corrected chi connectivity index (χ1v) is 8.05. The second-order valence-electron chi connectivity index (χ2n) is 5.45. The van der Waals surface area contributed by atoms with Crippen LogP contribution in [0.1, 0.15) is 52.4 Å². The Bertz CT molecular complexity index is 374. The van der Waals surface area contributed by atoms with Crippen LogP contribution in [-0.2, 0) is 6.54 Å². The minimum atomic E-state index is 0.472. The summed E-state index contributed by atoms with van der Waals surface area (Å²) in [6, 6.07) is 0.472. The van der Waals surface area contributed by atoms with Crippen LogP contribution in [0, 0.1) is 0 Å². The molecule has 0 aliphatic heterocycles. The zero-order valence-electron chi connectivity index (χ0n) is 13.7. The maximum absolute atomic E-state index is 4.27. The van der Waals surface area contributed by atoms with Crippen LogP contribution in [0.3, 0.4) is 0 Å². The molecule has 120 valence electrons. The number of hydrogen-bond acceptors (Lipinski definition) is 3. The zero-order chi connectivity index (χ0) is 15.3. The summed E-state index contributed by atoms with van der Waals surface area (Å²) in [6.45, 7) is 6.35. The number of aromatic nitrogens is 3. The van der Waals surface area contributed by atoms with Gasteiger partial charge in [-0.3, -0.25) is 4.99 Å². The van der Waals surface area contributed by atoms with Crippen LogP contribution >= 0.6 is 0 Å². The van der Waals surface area contributed by atoms with Crippen molar-refractivity contribution in [1.29, 1.82) is 0 Å². The van der Waals surface area contributed by atoms with E-state index in [0.717, 1.165) is 31.9 Å². The predicted octanol–water partition coefficient (Wildman–Crippen LogP) is 2.19. The highest BCUT2D eigenvalue weighted by atomic mass is 15.2.